The van der Waals surface area contributed by atoms with E-state index in [1.807, 2.05) is 30.3 Å². The number of halogens is 1. The van der Waals surface area contributed by atoms with E-state index in [4.69, 9.17) is 25.8 Å². The largest absolute Gasteiger partial charge is 0.454 e. The zero-order valence-electron chi connectivity index (χ0n) is 12.2. The van der Waals surface area contributed by atoms with Crippen molar-refractivity contribution < 1.29 is 18.4 Å². The average molecular weight is 351 g/mol. The fourth-order valence-corrected chi connectivity index (χ4v) is 4.58. The molecule has 4 nitrogen and oxygen atoms in total. The fraction of sp³-hybridized carbons (Fsp3) is 0.294. The van der Waals surface area contributed by atoms with Crippen LogP contribution in [0.25, 0.3) is 0 Å². The van der Waals surface area contributed by atoms with Gasteiger partial charge >= 0.3 is 0 Å². The zero-order chi connectivity index (χ0) is 15.8. The summed E-state index contributed by atoms with van der Waals surface area (Å²) in [5, 5.41) is 0.553. The van der Waals surface area contributed by atoms with Crippen LogP contribution in [0.1, 0.15) is 18.1 Å². The normalized spacial score (nSPS) is 23.9. The summed E-state index contributed by atoms with van der Waals surface area (Å²) in [6, 6.07) is 12.9. The molecule has 120 valence electrons. The van der Waals surface area contributed by atoms with Gasteiger partial charge in [-0.3, -0.25) is 4.21 Å². The van der Waals surface area contributed by atoms with Gasteiger partial charge in [0.05, 0.1) is 22.2 Å². The summed E-state index contributed by atoms with van der Waals surface area (Å²) in [6.45, 7) is 0.841. The van der Waals surface area contributed by atoms with Gasteiger partial charge in [0.1, 0.15) is 0 Å². The summed E-state index contributed by atoms with van der Waals surface area (Å²) in [7, 11) is -1.15. The molecule has 0 saturated carbocycles. The SMILES string of the molecule is O=[S@](c1ccc(Cl)cc1)[C@@H]1CCO[C@H]1c1ccc2c(c1)OCO2. The highest BCUT2D eigenvalue weighted by Gasteiger charge is 2.35. The first-order valence-electron chi connectivity index (χ1n) is 7.40. The summed E-state index contributed by atoms with van der Waals surface area (Å²) >= 11 is 5.91. The quantitative estimate of drug-likeness (QED) is 0.846. The highest BCUT2D eigenvalue weighted by molar-refractivity contribution is 7.85. The lowest BCUT2D eigenvalue weighted by atomic mass is 10.1. The molecule has 2 aromatic rings. The molecule has 0 aromatic heterocycles. The molecule has 0 spiro atoms. The van der Waals surface area contributed by atoms with Crippen LogP contribution in [0.2, 0.25) is 5.02 Å². The molecular weight excluding hydrogens is 336 g/mol. The minimum Gasteiger partial charge on any atom is -0.454 e. The predicted octanol–water partition coefficient (Wildman–Crippen LogP) is 3.71. The van der Waals surface area contributed by atoms with Crippen molar-refractivity contribution in [1.29, 1.82) is 0 Å². The number of hydrogen-bond donors (Lipinski definition) is 0. The van der Waals surface area contributed by atoms with Crippen molar-refractivity contribution in [2.24, 2.45) is 0 Å². The van der Waals surface area contributed by atoms with Gasteiger partial charge in [-0.05, 0) is 48.4 Å². The Kier molecular flexibility index (Phi) is 4.01. The molecule has 0 amide bonds. The first-order chi connectivity index (χ1) is 11.2. The second-order valence-corrected chi connectivity index (χ2v) is 7.59. The van der Waals surface area contributed by atoms with Crippen LogP contribution in [0.3, 0.4) is 0 Å². The van der Waals surface area contributed by atoms with Gasteiger partial charge in [-0.2, -0.15) is 0 Å². The van der Waals surface area contributed by atoms with E-state index < -0.39 is 10.8 Å². The Morgan fingerprint density at radius 2 is 1.83 bits per heavy atom. The number of hydrogen-bond acceptors (Lipinski definition) is 4. The minimum absolute atomic E-state index is 0.0865. The van der Waals surface area contributed by atoms with Gasteiger partial charge in [0.25, 0.3) is 0 Å². The Morgan fingerprint density at radius 3 is 2.65 bits per heavy atom. The van der Waals surface area contributed by atoms with E-state index >= 15 is 0 Å². The zero-order valence-corrected chi connectivity index (χ0v) is 13.8. The maximum atomic E-state index is 12.9. The Hall–Kier alpha value is -1.56. The minimum atomic E-state index is -1.15. The second kappa shape index (κ2) is 6.15. The van der Waals surface area contributed by atoms with Gasteiger partial charge in [-0.1, -0.05) is 17.7 Å². The first kappa shape index (κ1) is 15.0. The van der Waals surface area contributed by atoms with Crippen LogP contribution >= 0.6 is 11.6 Å². The molecule has 23 heavy (non-hydrogen) atoms. The first-order valence-corrected chi connectivity index (χ1v) is 8.99. The molecule has 0 radical (unpaired) electrons. The third kappa shape index (κ3) is 2.84. The van der Waals surface area contributed by atoms with Crippen molar-refractivity contribution in [3.8, 4) is 11.5 Å². The number of benzene rings is 2. The van der Waals surface area contributed by atoms with Crippen molar-refractivity contribution >= 4 is 22.4 Å². The molecule has 1 fully saturated rings. The fourth-order valence-electron chi connectivity index (χ4n) is 2.93. The van der Waals surface area contributed by atoms with Crippen molar-refractivity contribution in [3.63, 3.8) is 0 Å². The summed E-state index contributed by atoms with van der Waals surface area (Å²) < 4.78 is 29.5. The predicted molar refractivity (Wildman–Crippen MR) is 87.5 cm³/mol. The van der Waals surface area contributed by atoms with E-state index in [9.17, 15) is 4.21 Å². The van der Waals surface area contributed by atoms with Gasteiger partial charge in [0.2, 0.25) is 6.79 Å². The number of ether oxygens (including phenoxy) is 3. The summed E-state index contributed by atoms with van der Waals surface area (Å²) in [4.78, 5) is 0.774. The molecule has 4 rings (SSSR count). The monoisotopic (exact) mass is 350 g/mol. The van der Waals surface area contributed by atoms with Gasteiger partial charge in [0, 0.05) is 16.5 Å². The highest BCUT2D eigenvalue weighted by Crippen LogP contribution is 2.40. The summed E-state index contributed by atoms with van der Waals surface area (Å²) in [5.41, 5.74) is 0.971. The van der Waals surface area contributed by atoms with E-state index in [1.54, 1.807) is 12.1 Å². The lowest BCUT2D eigenvalue weighted by molar-refractivity contribution is 0.113. The Morgan fingerprint density at radius 1 is 1.04 bits per heavy atom. The van der Waals surface area contributed by atoms with E-state index in [2.05, 4.69) is 0 Å². The third-order valence-corrected chi connectivity index (χ3v) is 6.11. The molecular formula is C17H15ClO4S. The van der Waals surface area contributed by atoms with Crippen molar-refractivity contribution in [2.75, 3.05) is 13.4 Å². The molecule has 2 aliphatic heterocycles. The average Bonchev–Trinajstić information content (AvgIpc) is 3.23. The van der Waals surface area contributed by atoms with Crippen LogP contribution in [-0.4, -0.2) is 22.9 Å². The molecule has 2 heterocycles. The van der Waals surface area contributed by atoms with Crippen LogP contribution in [-0.2, 0) is 15.5 Å². The van der Waals surface area contributed by atoms with E-state index in [0.29, 0.717) is 17.4 Å². The van der Waals surface area contributed by atoms with Crippen molar-refractivity contribution in [1.82, 2.24) is 0 Å². The van der Waals surface area contributed by atoms with E-state index in [1.165, 1.54) is 0 Å². The van der Waals surface area contributed by atoms with Crippen LogP contribution in [0.4, 0.5) is 0 Å². The smallest absolute Gasteiger partial charge is 0.231 e. The lowest BCUT2D eigenvalue weighted by Crippen LogP contribution is -2.19. The molecule has 0 bridgehead atoms. The molecule has 2 aliphatic rings. The Labute approximate surface area is 141 Å². The van der Waals surface area contributed by atoms with Gasteiger partial charge in [0.15, 0.2) is 11.5 Å². The lowest BCUT2D eigenvalue weighted by Gasteiger charge is -2.19. The molecule has 6 heteroatoms. The van der Waals surface area contributed by atoms with Crippen molar-refractivity contribution in [3.05, 3.63) is 53.1 Å². The molecule has 2 aromatic carbocycles. The Bertz CT molecular complexity index is 747. The van der Waals surface area contributed by atoms with Gasteiger partial charge < -0.3 is 14.2 Å². The standard InChI is InChI=1S/C17H15ClO4S/c18-12-2-4-13(5-3-12)23(19)16-7-8-20-17(16)11-1-6-14-15(9-11)22-10-21-14/h1-6,9,16-17H,7-8,10H2/t16-,17+,23-/m1/s1. The topological polar surface area (TPSA) is 44.8 Å². The molecule has 0 aliphatic carbocycles. The van der Waals surface area contributed by atoms with Crippen LogP contribution < -0.4 is 9.47 Å². The molecule has 1 saturated heterocycles. The van der Waals surface area contributed by atoms with Crippen LogP contribution in [0, 0.1) is 0 Å². The van der Waals surface area contributed by atoms with Gasteiger partial charge in [-0.25, -0.2) is 0 Å². The number of rotatable bonds is 3. The van der Waals surface area contributed by atoms with Crippen LogP contribution in [0.15, 0.2) is 47.4 Å². The third-order valence-electron chi connectivity index (χ3n) is 4.08. The van der Waals surface area contributed by atoms with E-state index in [-0.39, 0.29) is 18.1 Å². The number of fused-ring (bicyclic) bond motifs is 1. The second-order valence-electron chi connectivity index (χ2n) is 5.48. The molecule has 0 unspecified atom stereocenters. The maximum Gasteiger partial charge on any atom is 0.231 e. The summed E-state index contributed by atoms with van der Waals surface area (Å²) in [6.07, 6.45) is 0.551. The molecule has 0 N–H and O–H groups in total. The van der Waals surface area contributed by atoms with Crippen LogP contribution in [0.5, 0.6) is 11.5 Å². The van der Waals surface area contributed by atoms with E-state index in [0.717, 1.165) is 22.6 Å². The highest BCUT2D eigenvalue weighted by atomic mass is 35.5. The van der Waals surface area contributed by atoms with Gasteiger partial charge in [-0.15, -0.1) is 0 Å². The molecule has 3 atom stereocenters. The Balaban J connectivity index is 1.61. The maximum absolute atomic E-state index is 12.9. The summed E-state index contributed by atoms with van der Waals surface area (Å²) in [5.74, 6) is 1.45. The van der Waals surface area contributed by atoms with Crippen molar-refractivity contribution in [2.45, 2.75) is 22.7 Å².